The second-order valence-corrected chi connectivity index (χ2v) is 8.22. The van der Waals surface area contributed by atoms with E-state index in [1.54, 1.807) is 6.92 Å². The van der Waals surface area contributed by atoms with E-state index < -0.39 is 5.97 Å². The van der Waals surface area contributed by atoms with Gasteiger partial charge in [-0.2, -0.15) is 0 Å². The number of hydrogen-bond donors (Lipinski definition) is 1. The molecule has 5 heteroatoms. The predicted molar refractivity (Wildman–Crippen MR) is 78.2 cm³/mol. The summed E-state index contributed by atoms with van der Waals surface area (Å²) >= 11 is 3.18. The highest BCUT2D eigenvalue weighted by molar-refractivity contribution is 8.01. The lowest BCUT2D eigenvalue weighted by Crippen LogP contribution is -2.44. The number of nitrogens with zero attached hydrogens (tertiary/aromatic N) is 1. The van der Waals surface area contributed by atoms with E-state index in [0.29, 0.717) is 21.2 Å². The molecule has 1 spiro atoms. The average Bonchev–Trinajstić information content (AvgIpc) is 2.77. The fourth-order valence-corrected chi connectivity index (χ4v) is 6.13. The molecule has 0 aliphatic heterocycles. The third-order valence-electron chi connectivity index (χ3n) is 4.65. The summed E-state index contributed by atoms with van der Waals surface area (Å²) < 4.78 is 0.949. The monoisotopic (exact) mass is 297 g/mol. The number of thioether (sulfide) groups is 1. The molecule has 0 radical (unpaired) electrons. The lowest BCUT2D eigenvalue weighted by atomic mass is 9.60. The summed E-state index contributed by atoms with van der Waals surface area (Å²) in [5.74, 6) is -0.845. The molecule has 0 amide bonds. The molecule has 1 atom stereocenters. The summed E-state index contributed by atoms with van der Waals surface area (Å²) in [5, 5.41) is 9.75. The molecule has 0 aromatic carbocycles. The molecule has 0 bridgehead atoms. The summed E-state index contributed by atoms with van der Waals surface area (Å²) in [4.78, 5) is 15.9. The molecule has 1 aromatic rings. The van der Waals surface area contributed by atoms with Gasteiger partial charge >= 0.3 is 5.97 Å². The van der Waals surface area contributed by atoms with Gasteiger partial charge in [0.25, 0.3) is 0 Å². The number of aromatic carboxylic acids is 1. The molecule has 2 fully saturated rings. The number of aryl methyl sites for hydroxylation is 1. The van der Waals surface area contributed by atoms with Crippen molar-refractivity contribution in [2.24, 2.45) is 5.41 Å². The molecule has 1 N–H and O–H groups in total. The van der Waals surface area contributed by atoms with Gasteiger partial charge < -0.3 is 5.11 Å². The fourth-order valence-electron chi connectivity index (χ4n) is 3.42. The van der Waals surface area contributed by atoms with E-state index in [4.69, 9.17) is 5.11 Å². The molecule has 104 valence electrons. The zero-order valence-electron chi connectivity index (χ0n) is 11.1. The fraction of sp³-hybridized carbons (Fsp3) is 0.714. The van der Waals surface area contributed by atoms with Crippen LogP contribution in [0.2, 0.25) is 0 Å². The van der Waals surface area contributed by atoms with Crippen molar-refractivity contribution in [3.63, 3.8) is 0 Å². The van der Waals surface area contributed by atoms with Crippen molar-refractivity contribution in [3.05, 3.63) is 10.6 Å². The molecule has 2 saturated carbocycles. The van der Waals surface area contributed by atoms with Crippen LogP contribution in [-0.4, -0.2) is 21.3 Å². The standard InChI is InChI=1S/C14H19NO2S2/c1-9-11(12(16)17)19-13(15-9)18-10-5-8-14(10)6-3-2-4-7-14/h10H,2-8H2,1H3,(H,16,17). The lowest BCUT2D eigenvalue weighted by molar-refractivity contribution is 0.0701. The molecule has 1 unspecified atom stereocenters. The zero-order chi connectivity index (χ0) is 13.5. The summed E-state index contributed by atoms with van der Waals surface area (Å²) in [6.45, 7) is 1.79. The van der Waals surface area contributed by atoms with Gasteiger partial charge in [0.15, 0.2) is 4.34 Å². The molecule has 0 saturated heterocycles. The minimum Gasteiger partial charge on any atom is -0.477 e. The zero-order valence-corrected chi connectivity index (χ0v) is 12.8. The van der Waals surface area contributed by atoms with E-state index in [2.05, 4.69) is 4.98 Å². The normalized spacial score (nSPS) is 25.2. The van der Waals surface area contributed by atoms with Crippen LogP contribution >= 0.6 is 23.1 Å². The second kappa shape index (κ2) is 5.09. The highest BCUT2D eigenvalue weighted by Crippen LogP contribution is 2.58. The van der Waals surface area contributed by atoms with Crippen molar-refractivity contribution in [1.29, 1.82) is 0 Å². The first-order valence-electron chi connectivity index (χ1n) is 6.98. The summed E-state index contributed by atoms with van der Waals surface area (Å²) in [7, 11) is 0. The average molecular weight is 297 g/mol. The Morgan fingerprint density at radius 2 is 2.11 bits per heavy atom. The number of carbonyl (C=O) groups is 1. The van der Waals surface area contributed by atoms with Crippen molar-refractivity contribution in [2.75, 3.05) is 0 Å². The van der Waals surface area contributed by atoms with Gasteiger partial charge in [0.05, 0.1) is 5.69 Å². The summed E-state index contributed by atoms with van der Waals surface area (Å²) in [6.07, 6.45) is 9.48. The molecule has 19 heavy (non-hydrogen) atoms. The number of aromatic nitrogens is 1. The molecule has 3 rings (SSSR count). The van der Waals surface area contributed by atoms with Crippen molar-refractivity contribution in [1.82, 2.24) is 4.98 Å². The van der Waals surface area contributed by atoms with Gasteiger partial charge in [0.2, 0.25) is 0 Å². The van der Waals surface area contributed by atoms with Crippen LogP contribution in [0.1, 0.15) is 60.3 Å². The molecule has 3 nitrogen and oxygen atoms in total. The largest absolute Gasteiger partial charge is 0.477 e. The maximum absolute atomic E-state index is 11.1. The SMILES string of the molecule is Cc1nc(SC2CCC23CCCCC3)sc1C(=O)O. The summed E-state index contributed by atoms with van der Waals surface area (Å²) in [5.41, 5.74) is 1.21. The van der Waals surface area contributed by atoms with Crippen LogP contribution in [0.3, 0.4) is 0 Å². The quantitative estimate of drug-likeness (QED) is 0.901. The highest BCUT2D eigenvalue weighted by Gasteiger charge is 2.47. The minimum atomic E-state index is -0.845. The van der Waals surface area contributed by atoms with Crippen LogP contribution in [0.5, 0.6) is 0 Å². The van der Waals surface area contributed by atoms with Crippen LogP contribution in [-0.2, 0) is 0 Å². The Balaban J connectivity index is 1.71. The van der Waals surface area contributed by atoms with E-state index in [1.807, 2.05) is 11.8 Å². The number of thiazole rings is 1. The number of hydrogen-bond acceptors (Lipinski definition) is 4. The smallest absolute Gasteiger partial charge is 0.347 e. The highest BCUT2D eigenvalue weighted by atomic mass is 32.2. The third-order valence-corrected chi connectivity index (χ3v) is 7.44. The van der Waals surface area contributed by atoms with Gasteiger partial charge in [-0.05, 0) is 38.0 Å². The van der Waals surface area contributed by atoms with Crippen LogP contribution in [0.25, 0.3) is 0 Å². The van der Waals surface area contributed by atoms with Gasteiger partial charge in [-0.3, -0.25) is 0 Å². The van der Waals surface area contributed by atoms with Crippen LogP contribution in [0.4, 0.5) is 0 Å². The number of rotatable bonds is 3. The molecule has 1 aromatic heterocycles. The Morgan fingerprint density at radius 1 is 1.37 bits per heavy atom. The molecule has 1 heterocycles. The number of carboxylic acids is 1. The summed E-state index contributed by atoms with van der Waals surface area (Å²) in [6, 6.07) is 0. The van der Waals surface area contributed by atoms with Gasteiger partial charge in [-0.25, -0.2) is 9.78 Å². The molecular formula is C14H19NO2S2. The Hall–Kier alpha value is -0.550. The molecule has 2 aliphatic rings. The predicted octanol–water partition coefficient (Wildman–Crippen LogP) is 4.35. The van der Waals surface area contributed by atoms with Gasteiger partial charge in [0, 0.05) is 5.25 Å². The van der Waals surface area contributed by atoms with Crippen LogP contribution < -0.4 is 0 Å². The first-order valence-corrected chi connectivity index (χ1v) is 8.68. The molecular weight excluding hydrogens is 278 g/mol. The van der Waals surface area contributed by atoms with Gasteiger partial charge in [0.1, 0.15) is 4.88 Å². The topological polar surface area (TPSA) is 50.2 Å². The van der Waals surface area contributed by atoms with Crippen molar-refractivity contribution in [3.8, 4) is 0 Å². The van der Waals surface area contributed by atoms with E-state index >= 15 is 0 Å². The van der Waals surface area contributed by atoms with Crippen LogP contribution in [0.15, 0.2) is 4.34 Å². The van der Waals surface area contributed by atoms with E-state index in [9.17, 15) is 4.79 Å². The van der Waals surface area contributed by atoms with Gasteiger partial charge in [-0.1, -0.05) is 31.0 Å². The Labute approximate surface area is 121 Å². The van der Waals surface area contributed by atoms with Gasteiger partial charge in [-0.15, -0.1) is 11.3 Å². The minimum absolute atomic E-state index is 0.402. The Bertz CT molecular complexity index is 492. The van der Waals surface area contributed by atoms with Crippen molar-refractivity contribution in [2.45, 2.75) is 61.5 Å². The molecule has 2 aliphatic carbocycles. The van der Waals surface area contributed by atoms with E-state index in [1.165, 1.54) is 56.3 Å². The lowest BCUT2D eigenvalue weighted by Gasteiger charge is -2.51. The first-order chi connectivity index (χ1) is 9.11. The van der Waals surface area contributed by atoms with E-state index in [0.717, 1.165) is 4.34 Å². The maximum atomic E-state index is 11.1. The first kappa shape index (κ1) is 13.4. The maximum Gasteiger partial charge on any atom is 0.347 e. The Kier molecular flexibility index (Phi) is 3.60. The Morgan fingerprint density at radius 3 is 2.63 bits per heavy atom. The third kappa shape index (κ3) is 2.42. The van der Waals surface area contributed by atoms with Crippen molar-refractivity contribution < 1.29 is 9.90 Å². The number of carboxylic acid groups (broad SMARTS) is 1. The van der Waals surface area contributed by atoms with Crippen LogP contribution in [0, 0.1) is 12.3 Å². The van der Waals surface area contributed by atoms with E-state index in [-0.39, 0.29) is 0 Å². The second-order valence-electron chi connectivity index (χ2n) is 5.77. The van der Waals surface area contributed by atoms with Crippen molar-refractivity contribution >= 4 is 29.1 Å².